The van der Waals surface area contributed by atoms with Gasteiger partial charge in [-0.15, -0.1) is 0 Å². The van der Waals surface area contributed by atoms with Crippen molar-refractivity contribution in [2.75, 3.05) is 39.8 Å². The Morgan fingerprint density at radius 2 is 2.09 bits per heavy atom. The molecule has 2 N–H and O–H groups in total. The predicted octanol–water partition coefficient (Wildman–Crippen LogP) is 1.96. The molecule has 0 bridgehead atoms. The Morgan fingerprint density at radius 1 is 1.25 bits per heavy atom. The molecule has 1 aromatic heterocycles. The van der Waals surface area contributed by atoms with Crippen LogP contribution in [0.15, 0.2) is 42.5 Å². The molecule has 2 aromatic carbocycles. The molecule has 0 saturated carbocycles. The topological polar surface area (TPSA) is 90.6 Å². The number of piperazine rings is 1. The van der Waals surface area contributed by atoms with Crippen molar-refractivity contribution >= 4 is 22.7 Å². The van der Waals surface area contributed by atoms with Gasteiger partial charge in [-0.2, -0.15) is 5.10 Å². The van der Waals surface area contributed by atoms with Gasteiger partial charge in [0.25, 0.3) is 5.91 Å². The average Bonchev–Trinajstić information content (AvgIpc) is 3.19. The van der Waals surface area contributed by atoms with Crippen LogP contribution in [0.1, 0.15) is 16.1 Å². The highest BCUT2D eigenvalue weighted by Gasteiger charge is 2.33. The molecular formula is C23H26FN5O3. The van der Waals surface area contributed by atoms with Gasteiger partial charge < -0.3 is 15.0 Å². The third kappa shape index (κ3) is 4.72. The lowest BCUT2D eigenvalue weighted by Crippen LogP contribution is -2.59. The molecule has 168 valence electrons. The summed E-state index contributed by atoms with van der Waals surface area (Å²) in [6.45, 7) is 3.82. The molecule has 1 aliphatic rings. The first kappa shape index (κ1) is 21.8. The number of ether oxygens (including phenoxy) is 1. The van der Waals surface area contributed by atoms with Crippen molar-refractivity contribution in [3.63, 3.8) is 0 Å². The Balaban J connectivity index is 1.35. The van der Waals surface area contributed by atoms with E-state index in [0.29, 0.717) is 24.5 Å². The van der Waals surface area contributed by atoms with E-state index in [1.54, 1.807) is 17.0 Å². The Labute approximate surface area is 185 Å². The van der Waals surface area contributed by atoms with E-state index >= 15 is 0 Å². The highest BCUT2D eigenvalue weighted by atomic mass is 19.1. The highest BCUT2D eigenvalue weighted by molar-refractivity contribution is 6.05. The number of aromatic amines is 1. The summed E-state index contributed by atoms with van der Waals surface area (Å²) in [4.78, 5) is 29.5. The number of aromatic nitrogens is 2. The van der Waals surface area contributed by atoms with E-state index in [2.05, 4.69) is 15.5 Å². The second-order valence-corrected chi connectivity index (χ2v) is 7.97. The molecule has 0 aliphatic carbocycles. The minimum Gasteiger partial charge on any atom is -0.492 e. The van der Waals surface area contributed by atoms with Crippen LogP contribution in [0.2, 0.25) is 0 Å². The zero-order chi connectivity index (χ0) is 22.7. The fraction of sp³-hybridized carbons (Fsp3) is 0.348. The van der Waals surface area contributed by atoms with Gasteiger partial charge in [0, 0.05) is 31.1 Å². The van der Waals surface area contributed by atoms with Gasteiger partial charge in [-0.3, -0.25) is 19.6 Å². The summed E-state index contributed by atoms with van der Waals surface area (Å²) in [6.07, 6.45) is 0. The first-order valence-electron chi connectivity index (χ1n) is 10.5. The van der Waals surface area contributed by atoms with E-state index in [-0.39, 0.29) is 37.3 Å². The lowest BCUT2D eigenvalue weighted by molar-refractivity contribution is -0.127. The number of hydrogen-bond donors (Lipinski definition) is 2. The van der Waals surface area contributed by atoms with Gasteiger partial charge in [0.05, 0.1) is 12.1 Å². The van der Waals surface area contributed by atoms with Crippen LogP contribution in [0.25, 0.3) is 10.9 Å². The third-order valence-electron chi connectivity index (χ3n) is 5.62. The second-order valence-electron chi connectivity index (χ2n) is 7.97. The maximum atomic E-state index is 13.2. The number of carbonyl (C=O) groups excluding carboxylic acids is 2. The van der Waals surface area contributed by atoms with Crippen LogP contribution in [-0.2, 0) is 4.79 Å². The zero-order valence-corrected chi connectivity index (χ0v) is 18.1. The van der Waals surface area contributed by atoms with E-state index in [1.807, 2.05) is 37.1 Å². The van der Waals surface area contributed by atoms with Crippen LogP contribution < -0.4 is 10.1 Å². The molecule has 0 unspecified atom stereocenters. The summed E-state index contributed by atoms with van der Waals surface area (Å²) >= 11 is 0. The maximum absolute atomic E-state index is 13.2. The number of H-pyrrole nitrogens is 1. The number of fused-ring (bicyclic) bond motifs is 1. The number of likely N-dealkylation sites (N-methyl/N-ethyl adjacent to an activating group) is 1. The SMILES string of the molecule is Cc1ccc2[nH]nc(C(=O)N3CCN(C)[C@H](C(=O)NCCOc4cccc(F)c4)C3)c2c1. The molecule has 1 fully saturated rings. The third-order valence-corrected chi connectivity index (χ3v) is 5.62. The van der Waals surface area contributed by atoms with Gasteiger partial charge in [-0.1, -0.05) is 17.7 Å². The van der Waals surface area contributed by atoms with Gasteiger partial charge in [0.15, 0.2) is 5.69 Å². The molecule has 3 aromatic rings. The molecule has 0 radical (unpaired) electrons. The van der Waals surface area contributed by atoms with Crippen molar-refractivity contribution in [1.29, 1.82) is 0 Å². The monoisotopic (exact) mass is 439 g/mol. The largest absolute Gasteiger partial charge is 0.492 e. The summed E-state index contributed by atoms with van der Waals surface area (Å²) < 4.78 is 18.7. The van der Waals surface area contributed by atoms with Gasteiger partial charge in [-0.05, 0) is 38.2 Å². The molecule has 2 amide bonds. The number of benzene rings is 2. The smallest absolute Gasteiger partial charge is 0.275 e. The molecule has 0 spiro atoms. The minimum atomic E-state index is -0.478. The van der Waals surface area contributed by atoms with Crippen molar-refractivity contribution in [3.8, 4) is 5.75 Å². The Morgan fingerprint density at radius 3 is 2.91 bits per heavy atom. The molecule has 32 heavy (non-hydrogen) atoms. The van der Waals surface area contributed by atoms with Crippen molar-refractivity contribution < 1.29 is 18.7 Å². The van der Waals surface area contributed by atoms with Crippen LogP contribution in [-0.4, -0.2) is 77.7 Å². The first-order valence-corrected chi connectivity index (χ1v) is 10.5. The van der Waals surface area contributed by atoms with Crippen LogP contribution in [0, 0.1) is 12.7 Å². The van der Waals surface area contributed by atoms with Gasteiger partial charge in [0.1, 0.15) is 24.2 Å². The Bertz CT molecular complexity index is 1130. The molecular weight excluding hydrogens is 413 g/mol. The Kier molecular flexibility index (Phi) is 6.36. The van der Waals surface area contributed by atoms with Crippen LogP contribution in [0.5, 0.6) is 5.75 Å². The molecule has 1 atom stereocenters. The fourth-order valence-electron chi connectivity index (χ4n) is 3.80. The van der Waals surface area contributed by atoms with E-state index < -0.39 is 6.04 Å². The van der Waals surface area contributed by atoms with Crippen molar-refractivity contribution in [2.45, 2.75) is 13.0 Å². The van der Waals surface area contributed by atoms with Crippen LogP contribution in [0.3, 0.4) is 0 Å². The van der Waals surface area contributed by atoms with E-state index in [0.717, 1.165) is 16.5 Å². The minimum absolute atomic E-state index is 0.185. The molecule has 4 rings (SSSR count). The molecule has 1 aliphatic heterocycles. The summed E-state index contributed by atoms with van der Waals surface area (Å²) in [6, 6.07) is 11.2. The van der Waals surface area contributed by atoms with E-state index in [4.69, 9.17) is 4.74 Å². The summed E-state index contributed by atoms with van der Waals surface area (Å²) in [5.41, 5.74) is 2.22. The lowest BCUT2D eigenvalue weighted by atomic mass is 10.1. The number of hydrogen-bond acceptors (Lipinski definition) is 5. The number of amides is 2. The lowest BCUT2D eigenvalue weighted by Gasteiger charge is -2.38. The quantitative estimate of drug-likeness (QED) is 0.573. The highest BCUT2D eigenvalue weighted by Crippen LogP contribution is 2.20. The number of nitrogens with zero attached hydrogens (tertiary/aromatic N) is 3. The van der Waals surface area contributed by atoms with E-state index in [1.165, 1.54) is 12.1 Å². The maximum Gasteiger partial charge on any atom is 0.275 e. The number of carbonyl (C=O) groups is 2. The fourth-order valence-corrected chi connectivity index (χ4v) is 3.80. The predicted molar refractivity (Wildman–Crippen MR) is 118 cm³/mol. The van der Waals surface area contributed by atoms with Crippen LogP contribution >= 0.6 is 0 Å². The molecule has 1 saturated heterocycles. The van der Waals surface area contributed by atoms with Crippen molar-refractivity contribution in [1.82, 2.24) is 25.3 Å². The van der Waals surface area contributed by atoms with Crippen LogP contribution in [0.4, 0.5) is 4.39 Å². The first-order chi connectivity index (χ1) is 15.4. The van der Waals surface area contributed by atoms with Gasteiger partial charge in [-0.25, -0.2) is 4.39 Å². The van der Waals surface area contributed by atoms with Crippen molar-refractivity contribution in [2.24, 2.45) is 0 Å². The van der Waals surface area contributed by atoms with Crippen molar-refractivity contribution in [3.05, 3.63) is 59.5 Å². The second kappa shape index (κ2) is 9.35. The van der Waals surface area contributed by atoms with Gasteiger partial charge in [0.2, 0.25) is 5.91 Å². The summed E-state index contributed by atoms with van der Waals surface area (Å²) in [7, 11) is 1.86. The number of rotatable bonds is 6. The van der Waals surface area contributed by atoms with Gasteiger partial charge >= 0.3 is 0 Å². The number of halogens is 1. The summed E-state index contributed by atoms with van der Waals surface area (Å²) in [5, 5.41) is 10.7. The zero-order valence-electron chi connectivity index (χ0n) is 18.1. The normalized spacial score (nSPS) is 16.8. The Hall–Kier alpha value is -3.46. The van der Waals surface area contributed by atoms with E-state index in [9.17, 15) is 14.0 Å². The molecule has 8 nitrogen and oxygen atoms in total. The molecule has 2 heterocycles. The standard InChI is InChI=1S/C23H26FN5O3/c1-15-6-7-19-18(12-15)21(27-26-19)23(31)29-10-9-28(2)20(14-29)22(30)25-8-11-32-17-5-3-4-16(24)13-17/h3-7,12-13,20H,8-11,14H2,1-2H3,(H,25,30)(H,26,27)/t20-/m0/s1. The number of aryl methyl sites for hydroxylation is 1. The molecule has 9 heteroatoms. The summed E-state index contributed by atoms with van der Waals surface area (Å²) in [5.74, 6) is -0.343. The number of nitrogens with one attached hydrogen (secondary N) is 2. The average molecular weight is 439 g/mol.